The fourth-order valence-corrected chi connectivity index (χ4v) is 8.96. The predicted molar refractivity (Wildman–Crippen MR) is 71.7 cm³/mol. The maximum absolute atomic E-state index is 6.03. The van der Waals surface area contributed by atoms with E-state index in [0.717, 1.165) is 41.0 Å². The summed E-state index contributed by atoms with van der Waals surface area (Å²) in [7, 11) is -0.250. The molecule has 0 nitrogen and oxygen atoms in total. The Labute approximate surface area is 110 Å². The molecule has 4 aliphatic rings. The highest BCUT2D eigenvalue weighted by molar-refractivity contribution is 6.69. The number of rotatable bonds is 2. The van der Waals surface area contributed by atoms with E-state index in [4.69, 9.17) is 23.2 Å². The van der Waals surface area contributed by atoms with E-state index in [1.54, 1.807) is 0 Å². The van der Waals surface area contributed by atoms with E-state index in [1.807, 2.05) is 0 Å². The van der Waals surface area contributed by atoms with Crippen molar-refractivity contribution in [2.75, 3.05) is 0 Å². The Hall–Kier alpha value is 0.537. The molecule has 4 rings (SSSR count). The molecule has 7 atom stereocenters. The normalized spacial score (nSPS) is 57.3. The number of fused-ring (bicyclic) bond motifs is 9. The fraction of sp³-hybridized carbons (Fsp3) is 0.846. The molecule has 7 unspecified atom stereocenters. The lowest BCUT2D eigenvalue weighted by molar-refractivity contribution is 0.206. The number of hydrogen-bond acceptors (Lipinski definition) is 0. The third-order valence-corrected chi connectivity index (χ3v) is 8.86. The lowest BCUT2D eigenvalue weighted by atomic mass is 9.73. The van der Waals surface area contributed by atoms with Gasteiger partial charge in [-0.3, -0.25) is 0 Å². The quantitative estimate of drug-likeness (QED) is 0.314. The Morgan fingerprint density at radius 1 is 1.00 bits per heavy atom. The first kappa shape index (κ1) is 10.5. The van der Waals surface area contributed by atoms with E-state index in [9.17, 15) is 0 Å². The van der Waals surface area contributed by atoms with Crippen molar-refractivity contribution in [3.63, 3.8) is 0 Å². The van der Waals surface area contributed by atoms with Crippen molar-refractivity contribution in [1.82, 2.24) is 0 Å². The van der Waals surface area contributed by atoms with Crippen molar-refractivity contribution in [2.45, 2.75) is 29.3 Å². The summed E-state index contributed by atoms with van der Waals surface area (Å²) in [6, 6.07) is 0. The summed E-state index contributed by atoms with van der Waals surface area (Å²) in [4.78, 5) is 0. The third kappa shape index (κ3) is 1.28. The second kappa shape index (κ2) is 3.52. The van der Waals surface area contributed by atoms with Gasteiger partial charge in [0.1, 0.15) is 0 Å². The number of alkyl halides is 2. The molecule has 3 saturated carbocycles. The Balaban J connectivity index is 1.59. The van der Waals surface area contributed by atoms with Gasteiger partial charge in [0, 0.05) is 0 Å². The van der Waals surface area contributed by atoms with Gasteiger partial charge in [0.15, 0.2) is 0 Å². The van der Waals surface area contributed by atoms with Gasteiger partial charge >= 0.3 is 0 Å². The van der Waals surface area contributed by atoms with Crippen molar-refractivity contribution in [2.24, 2.45) is 35.5 Å². The molecular weight excluding hydrogens is 255 g/mol. The minimum Gasteiger partial charge on any atom is -0.110 e. The highest BCUT2D eigenvalue weighted by Crippen LogP contribution is 2.68. The molecule has 0 heterocycles. The molecule has 0 aromatic heterocycles. The molecular formula is C13H18Cl2Si. The largest absolute Gasteiger partial charge is 0.110 e. The first-order chi connectivity index (χ1) is 7.74. The second-order valence-electron chi connectivity index (χ2n) is 6.39. The maximum atomic E-state index is 6.03. The highest BCUT2D eigenvalue weighted by Gasteiger charge is 2.60. The molecule has 0 spiro atoms. The van der Waals surface area contributed by atoms with Crippen LogP contribution in [-0.2, 0) is 0 Å². The van der Waals surface area contributed by atoms with Gasteiger partial charge in [-0.25, -0.2) is 0 Å². The van der Waals surface area contributed by atoms with Crippen LogP contribution in [0.5, 0.6) is 0 Å². The molecule has 0 N–H and O–H groups in total. The zero-order valence-electron chi connectivity index (χ0n) is 9.36. The van der Waals surface area contributed by atoms with Crippen LogP contribution in [0.4, 0.5) is 0 Å². The topological polar surface area (TPSA) is 0 Å². The number of allylic oxidation sites excluding steroid dienone is 2. The zero-order chi connectivity index (χ0) is 10.9. The van der Waals surface area contributed by atoms with Gasteiger partial charge in [0.2, 0.25) is 0 Å². The average molecular weight is 273 g/mol. The van der Waals surface area contributed by atoms with Crippen molar-refractivity contribution in [1.29, 1.82) is 0 Å². The monoisotopic (exact) mass is 272 g/mol. The van der Waals surface area contributed by atoms with Crippen molar-refractivity contribution >= 4 is 32.7 Å². The third-order valence-electron chi connectivity index (χ3n) is 5.89. The summed E-state index contributed by atoms with van der Waals surface area (Å²) in [5.41, 5.74) is 0.971. The van der Waals surface area contributed by atoms with Crippen LogP contribution in [0.3, 0.4) is 0 Å². The lowest BCUT2D eigenvalue weighted by Crippen LogP contribution is -2.31. The van der Waals surface area contributed by atoms with Crippen LogP contribution in [0.15, 0.2) is 12.2 Å². The smallest absolute Gasteiger partial charge is 0.0910 e. The van der Waals surface area contributed by atoms with Crippen molar-refractivity contribution in [3.8, 4) is 0 Å². The first-order valence-electron chi connectivity index (χ1n) is 6.70. The Bertz CT molecular complexity index is 341. The maximum Gasteiger partial charge on any atom is 0.0910 e. The molecule has 0 amide bonds. The molecule has 3 heteroatoms. The molecule has 0 radical (unpaired) electrons. The van der Waals surface area contributed by atoms with Gasteiger partial charge in [0.25, 0.3) is 0 Å². The van der Waals surface area contributed by atoms with Crippen LogP contribution in [0, 0.1) is 35.5 Å². The van der Waals surface area contributed by atoms with Gasteiger partial charge in [0.05, 0.1) is 14.0 Å². The SMILES string of the molecule is ClC(Cl)[SiH2]C1CC2CC1C1C3C=CC(C3)C21. The van der Waals surface area contributed by atoms with E-state index in [1.165, 1.54) is 19.3 Å². The summed E-state index contributed by atoms with van der Waals surface area (Å²) in [6.07, 6.45) is 9.50. The van der Waals surface area contributed by atoms with Crippen molar-refractivity contribution in [3.05, 3.63) is 12.2 Å². The zero-order valence-corrected chi connectivity index (χ0v) is 12.3. The Morgan fingerprint density at radius 2 is 1.75 bits per heavy atom. The van der Waals surface area contributed by atoms with Gasteiger partial charge in [-0.2, -0.15) is 0 Å². The van der Waals surface area contributed by atoms with Gasteiger partial charge in [-0.1, -0.05) is 12.2 Å². The van der Waals surface area contributed by atoms with Crippen LogP contribution in [0.1, 0.15) is 19.3 Å². The molecule has 0 aliphatic heterocycles. The standard InChI is InChI=1S/C13H18Cl2Si/c14-13(15)16-10-5-8-4-9(10)12-7-2-1-6(3-7)11(8)12/h1-2,6-13H,3-5,16H2. The van der Waals surface area contributed by atoms with E-state index in [-0.39, 0.29) is 14.0 Å². The number of halogens is 2. The molecule has 4 aliphatic carbocycles. The van der Waals surface area contributed by atoms with E-state index < -0.39 is 0 Å². The summed E-state index contributed by atoms with van der Waals surface area (Å²) in [5, 5.41) is 0. The van der Waals surface area contributed by atoms with E-state index in [2.05, 4.69) is 12.2 Å². The first-order valence-corrected chi connectivity index (χ1v) is 9.21. The van der Waals surface area contributed by atoms with Crippen LogP contribution in [0.25, 0.3) is 0 Å². The fourth-order valence-electron chi connectivity index (χ4n) is 5.65. The Morgan fingerprint density at radius 3 is 2.50 bits per heavy atom. The van der Waals surface area contributed by atoms with Crippen LogP contribution in [-0.4, -0.2) is 14.0 Å². The van der Waals surface area contributed by atoms with E-state index in [0.29, 0.717) is 0 Å². The molecule has 4 bridgehead atoms. The molecule has 3 fully saturated rings. The Kier molecular flexibility index (Phi) is 2.30. The summed E-state index contributed by atoms with van der Waals surface area (Å²) in [6.45, 7) is 0. The number of hydrogen-bond donors (Lipinski definition) is 0. The van der Waals surface area contributed by atoms with Gasteiger partial charge < -0.3 is 0 Å². The van der Waals surface area contributed by atoms with Crippen LogP contribution >= 0.6 is 23.2 Å². The minimum atomic E-state index is -0.250. The van der Waals surface area contributed by atoms with E-state index >= 15 is 0 Å². The molecule has 0 aromatic carbocycles. The van der Waals surface area contributed by atoms with Gasteiger partial charge in [-0.05, 0) is 60.3 Å². The lowest BCUT2D eigenvalue weighted by Gasteiger charge is -2.36. The summed E-state index contributed by atoms with van der Waals surface area (Å²) < 4.78 is -0.00284. The van der Waals surface area contributed by atoms with Gasteiger partial charge in [-0.15, -0.1) is 23.2 Å². The molecule has 88 valence electrons. The molecule has 0 saturated heterocycles. The van der Waals surface area contributed by atoms with Crippen LogP contribution in [0.2, 0.25) is 5.54 Å². The predicted octanol–water partition coefficient (Wildman–Crippen LogP) is 3.18. The summed E-state index contributed by atoms with van der Waals surface area (Å²) >= 11 is 12.1. The van der Waals surface area contributed by atoms with Crippen LogP contribution < -0.4 is 0 Å². The molecule has 16 heavy (non-hydrogen) atoms. The highest BCUT2D eigenvalue weighted by atomic mass is 35.5. The minimum absolute atomic E-state index is 0.00284. The average Bonchev–Trinajstić information content (AvgIpc) is 2.93. The second-order valence-corrected chi connectivity index (χ2v) is 11.0. The molecule has 0 aromatic rings. The van der Waals surface area contributed by atoms with Crippen molar-refractivity contribution < 1.29 is 0 Å². The summed E-state index contributed by atoms with van der Waals surface area (Å²) in [5.74, 6) is 6.05.